The maximum Gasteiger partial charge on any atom is 0.205 e. The maximum absolute atomic E-state index is 6.09. The minimum absolute atomic E-state index is 0.278. The number of anilines is 1. The molecule has 1 saturated heterocycles. The molecule has 4 heteroatoms. The SMILES string of the molecule is CCn1ccnc1N1CCC(C)C(N)C1. The Hall–Kier alpha value is -1.03. The van der Waals surface area contributed by atoms with Crippen molar-refractivity contribution in [2.75, 3.05) is 18.0 Å². The normalized spacial score (nSPS) is 27.0. The number of aromatic nitrogens is 2. The molecule has 84 valence electrons. The fourth-order valence-electron chi connectivity index (χ4n) is 2.11. The summed E-state index contributed by atoms with van der Waals surface area (Å²) in [5.74, 6) is 1.70. The van der Waals surface area contributed by atoms with Gasteiger partial charge in [-0.1, -0.05) is 6.92 Å². The van der Waals surface area contributed by atoms with Crippen molar-refractivity contribution in [3.63, 3.8) is 0 Å². The smallest absolute Gasteiger partial charge is 0.205 e. The topological polar surface area (TPSA) is 47.1 Å². The van der Waals surface area contributed by atoms with Gasteiger partial charge in [-0.15, -0.1) is 0 Å². The van der Waals surface area contributed by atoms with Gasteiger partial charge in [0.15, 0.2) is 0 Å². The van der Waals surface area contributed by atoms with Crippen LogP contribution in [-0.4, -0.2) is 28.7 Å². The second-order valence-electron chi connectivity index (χ2n) is 4.39. The van der Waals surface area contributed by atoms with Gasteiger partial charge < -0.3 is 15.2 Å². The first-order valence-corrected chi connectivity index (χ1v) is 5.74. The van der Waals surface area contributed by atoms with E-state index in [0.29, 0.717) is 5.92 Å². The monoisotopic (exact) mass is 208 g/mol. The quantitative estimate of drug-likeness (QED) is 0.791. The molecule has 2 heterocycles. The van der Waals surface area contributed by atoms with E-state index in [4.69, 9.17) is 5.73 Å². The molecule has 4 nitrogen and oxygen atoms in total. The lowest BCUT2D eigenvalue weighted by atomic mass is 9.94. The van der Waals surface area contributed by atoms with E-state index in [9.17, 15) is 0 Å². The van der Waals surface area contributed by atoms with Gasteiger partial charge in [-0.2, -0.15) is 0 Å². The minimum atomic E-state index is 0.278. The molecule has 1 aromatic rings. The van der Waals surface area contributed by atoms with Crippen molar-refractivity contribution in [3.8, 4) is 0 Å². The average Bonchev–Trinajstić information content (AvgIpc) is 2.70. The third kappa shape index (κ3) is 2.00. The molecule has 0 aromatic carbocycles. The summed E-state index contributed by atoms with van der Waals surface area (Å²) >= 11 is 0. The van der Waals surface area contributed by atoms with Crippen LogP contribution in [0, 0.1) is 5.92 Å². The molecule has 1 aliphatic rings. The summed E-state index contributed by atoms with van der Waals surface area (Å²) in [6.45, 7) is 7.34. The number of aryl methyl sites for hydroxylation is 1. The zero-order chi connectivity index (χ0) is 10.8. The van der Waals surface area contributed by atoms with E-state index in [2.05, 4.69) is 28.3 Å². The number of imidazole rings is 1. The van der Waals surface area contributed by atoms with Crippen LogP contribution in [0.4, 0.5) is 5.95 Å². The Morgan fingerprint density at radius 2 is 2.40 bits per heavy atom. The van der Waals surface area contributed by atoms with E-state index < -0.39 is 0 Å². The fraction of sp³-hybridized carbons (Fsp3) is 0.727. The number of hydrogen-bond acceptors (Lipinski definition) is 3. The second-order valence-corrected chi connectivity index (χ2v) is 4.39. The van der Waals surface area contributed by atoms with Crippen molar-refractivity contribution in [1.82, 2.24) is 9.55 Å². The van der Waals surface area contributed by atoms with Crippen LogP contribution < -0.4 is 10.6 Å². The van der Waals surface area contributed by atoms with Gasteiger partial charge in [0, 0.05) is 38.1 Å². The number of nitrogens with zero attached hydrogens (tertiary/aromatic N) is 3. The highest BCUT2D eigenvalue weighted by molar-refractivity contribution is 5.32. The summed E-state index contributed by atoms with van der Waals surface area (Å²) in [6.07, 6.45) is 5.05. The van der Waals surface area contributed by atoms with Crippen molar-refractivity contribution in [1.29, 1.82) is 0 Å². The van der Waals surface area contributed by atoms with Crippen molar-refractivity contribution >= 4 is 5.95 Å². The van der Waals surface area contributed by atoms with E-state index >= 15 is 0 Å². The van der Waals surface area contributed by atoms with Crippen molar-refractivity contribution in [2.24, 2.45) is 11.7 Å². The van der Waals surface area contributed by atoms with Crippen molar-refractivity contribution in [3.05, 3.63) is 12.4 Å². The molecular formula is C11H20N4. The summed E-state index contributed by atoms with van der Waals surface area (Å²) in [7, 11) is 0. The second kappa shape index (κ2) is 4.23. The van der Waals surface area contributed by atoms with Crippen LogP contribution in [0.3, 0.4) is 0 Å². The Morgan fingerprint density at radius 3 is 3.07 bits per heavy atom. The highest BCUT2D eigenvalue weighted by Crippen LogP contribution is 2.20. The van der Waals surface area contributed by atoms with E-state index in [0.717, 1.165) is 32.0 Å². The first-order valence-electron chi connectivity index (χ1n) is 5.74. The first-order chi connectivity index (χ1) is 7.22. The van der Waals surface area contributed by atoms with Gasteiger partial charge in [0.05, 0.1) is 0 Å². The number of piperidine rings is 1. The Morgan fingerprint density at radius 1 is 1.60 bits per heavy atom. The molecule has 0 aliphatic carbocycles. The molecule has 0 amide bonds. The third-order valence-corrected chi connectivity index (χ3v) is 3.33. The molecule has 0 radical (unpaired) electrons. The molecule has 2 unspecified atom stereocenters. The van der Waals surface area contributed by atoms with Crippen LogP contribution in [0.25, 0.3) is 0 Å². The van der Waals surface area contributed by atoms with Crippen molar-refractivity contribution in [2.45, 2.75) is 32.9 Å². The zero-order valence-corrected chi connectivity index (χ0v) is 9.56. The predicted molar refractivity (Wildman–Crippen MR) is 61.9 cm³/mol. The van der Waals surface area contributed by atoms with E-state index in [1.54, 1.807) is 0 Å². The molecule has 15 heavy (non-hydrogen) atoms. The molecule has 1 aliphatic heterocycles. The highest BCUT2D eigenvalue weighted by Gasteiger charge is 2.25. The highest BCUT2D eigenvalue weighted by atomic mass is 15.3. The van der Waals surface area contributed by atoms with Gasteiger partial charge in [0.2, 0.25) is 5.95 Å². The average molecular weight is 208 g/mol. The summed E-state index contributed by atoms with van der Waals surface area (Å²) in [5.41, 5.74) is 6.09. The van der Waals surface area contributed by atoms with Gasteiger partial charge in [-0.3, -0.25) is 0 Å². The first kappa shape index (κ1) is 10.5. The van der Waals surface area contributed by atoms with E-state index in [-0.39, 0.29) is 6.04 Å². The van der Waals surface area contributed by atoms with E-state index in [1.807, 2.05) is 12.4 Å². The van der Waals surface area contributed by atoms with Crippen LogP contribution in [0.1, 0.15) is 20.3 Å². The summed E-state index contributed by atoms with van der Waals surface area (Å²) in [6, 6.07) is 0.278. The third-order valence-electron chi connectivity index (χ3n) is 3.33. The lowest BCUT2D eigenvalue weighted by molar-refractivity contribution is 0.374. The minimum Gasteiger partial charge on any atom is -0.341 e. The Labute approximate surface area is 91.1 Å². The molecule has 2 atom stereocenters. The van der Waals surface area contributed by atoms with Gasteiger partial charge in [-0.05, 0) is 19.3 Å². The van der Waals surface area contributed by atoms with Gasteiger partial charge in [-0.25, -0.2) is 4.98 Å². The van der Waals surface area contributed by atoms with Crippen LogP contribution in [-0.2, 0) is 6.54 Å². The number of rotatable bonds is 2. The van der Waals surface area contributed by atoms with E-state index in [1.165, 1.54) is 0 Å². The Kier molecular flexibility index (Phi) is 2.95. The largest absolute Gasteiger partial charge is 0.341 e. The predicted octanol–water partition coefficient (Wildman–Crippen LogP) is 1.08. The van der Waals surface area contributed by atoms with Crippen LogP contribution >= 0.6 is 0 Å². The zero-order valence-electron chi connectivity index (χ0n) is 9.56. The van der Waals surface area contributed by atoms with Gasteiger partial charge in [0.25, 0.3) is 0 Å². The molecule has 1 fully saturated rings. The lowest BCUT2D eigenvalue weighted by Crippen LogP contribution is -2.48. The Bertz CT molecular complexity index is 320. The fourth-order valence-corrected chi connectivity index (χ4v) is 2.11. The molecule has 2 rings (SSSR count). The molecular weight excluding hydrogens is 188 g/mol. The number of nitrogens with two attached hydrogens (primary N) is 1. The summed E-state index contributed by atoms with van der Waals surface area (Å²) < 4.78 is 2.17. The van der Waals surface area contributed by atoms with Crippen LogP contribution in [0.5, 0.6) is 0 Å². The van der Waals surface area contributed by atoms with Crippen molar-refractivity contribution < 1.29 is 0 Å². The van der Waals surface area contributed by atoms with Crippen LogP contribution in [0.2, 0.25) is 0 Å². The van der Waals surface area contributed by atoms with Gasteiger partial charge >= 0.3 is 0 Å². The number of hydrogen-bond donors (Lipinski definition) is 1. The standard InChI is InChI=1S/C11H20N4/c1-3-14-7-5-13-11(14)15-6-4-9(2)10(12)8-15/h5,7,9-10H,3-4,6,8,12H2,1-2H3. The lowest BCUT2D eigenvalue weighted by Gasteiger charge is -2.35. The van der Waals surface area contributed by atoms with Gasteiger partial charge in [0.1, 0.15) is 0 Å². The molecule has 1 aromatic heterocycles. The summed E-state index contributed by atoms with van der Waals surface area (Å²) in [4.78, 5) is 6.70. The summed E-state index contributed by atoms with van der Waals surface area (Å²) in [5, 5.41) is 0. The maximum atomic E-state index is 6.09. The molecule has 2 N–H and O–H groups in total. The molecule has 0 bridgehead atoms. The van der Waals surface area contributed by atoms with Crippen LogP contribution in [0.15, 0.2) is 12.4 Å². The Balaban J connectivity index is 2.11. The molecule has 0 spiro atoms. The molecule has 0 saturated carbocycles.